The molecule has 2 unspecified atom stereocenters. The first kappa shape index (κ1) is 12.1. The number of nitrogens with one attached hydrogen (secondary N) is 1. The van der Waals surface area contributed by atoms with E-state index >= 15 is 0 Å². The molecule has 0 bridgehead atoms. The Bertz CT molecular complexity index is 692. The van der Waals surface area contributed by atoms with E-state index in [9.17, 15) is 9.59 Å². The molecule has 0 spiro atoms. The third-order valence-corrected chi connectivity index (χ3v) is 3.68. The second kappa shape index (κ2) is 4.43. The molecule has 2 aromatic rings. The highest BCUT2D eigenvalue weighted by molar-refractivity contribution is 5.94. The van der Waals surface area contributed by atoms with Crippen molar-refractivity contribution in [2.75, 3.05) is 0 Å². The summed E-state index contributed by atoms with van der Waals surface area (Å²) in [4.78, 5) is 23.6. The first-order valence-corrected chi connectivity index (χ1v) is 6.60. The number of ether oxygens (including phenoxy) is 2. The van der Waals surface area contributed by atoms with Gasteiger partial charge in [-0.15, -0.1) is 0 Å². The quantitative estimate of drug-likeness (QED) is 0.856. The van der Waals surface area contributed by atoms with Crippen LogP contribution in [0.4, 0.5) is 0 Å². The lowest BCUT2D eigenvalue weighted by Crippen LogP contribution is -2.26. The van der Waals surface area contributed by atoms with Gasteiger partial charge in [-0.1, -0.05) is 36.4 Å². The maximum Gasteiger partial charge on any atom is 0.340 e. The summed E-state index contributed by atoms with van der Waals surface area (Å²) in [6, 6.07) is 14.3. The van der Waals surface area contributed by atoms with Crippen LogP contribution in [-0.4, -0.2) is 11.9 Å². The summed E-state index contributed by atoms with van der Waals surface area (Å²) >= 11 is 0. The van der Waals surface area contributed by atoms with Gasteiger partial charge in [-0.2, -0.15) is 0 Å². The highest BCUT2D eigenvalue weighted by atomic mass is 16.6. The van der Waals surface area contributed by atoms with Gasteiger partial charge in [0.2, 0.25) is 0 Å². The Balaban J connectivity index is 1.64. The highest BCUT2D eigenvalue weighted by Crippen LogP contribution is 2.34. The van der Waals surface area contributed by atoms with Crippen LogP contribution in [-0.2, 0) is 9.47 Å². The van der Waals surface area contributed by atoms with Crippen molar-refractivity contribution in [3.05, 3.63) is 70.8 Å². The number of esters is 2. The highest BCUT2D eigenvalue weighted by Gasteiger charge is 2.37. The second-order valence-electron chi connectivity index (χ2n) is 4.91. The number of carbonyl (C=O) groups excluding carboxylic acids is 2. The third kappa shape index (κ3) is 1.82. The van der Waals surface area contributed by atoms with Crippen molar-refractivity contribution in [3.63, 3.8) is 0 Å². The summed E-state index contributed by atoms with van der Waals surface area (Å²) in [7, 11) is 0. The van der Waals surface area contributed by atoms with E-state index in [1.54, 1.807) is 24.3 Å². The van der Waals surface area contributed by atoms with Crippen LogP contribution in [0.25, 0.3) is 0 Å². The van der Waals surface area contributed by atoms with E-state index in [4.69, 9.17) is 9.47 Å². The zero-order valence-electron chi connectivity index (χ0n) is 10.9. The van der Waals surface area contributed by atoms with Gasteiger partial charge in [0.15, 0.2) is 12.5 Å². The van der Waals surface area contributed by atoms with Crippen LogP contribution >= 0.6 is 0 Å². The Morgan fingerprint density at radius 3 is 1.62 bits per heavy atom. The number of fused-ring (bicyclic) bond motifs is 2. The minimum absolute atomic E-state index is 0.374. The zero-order chi connectivity index (χ0) is 14.4. The Hall–Kier alpha value is -2.66. The predicted molar refractivity (Wildman–Crippen MR) is 72.3 cm³/mol. The summed E-state index contributed by atoms with van der Waals surface area (Å²) in [6.07, 6.45) is -1.23. The molecule has 104 valence electrons. The molecule has 4 rings (SSSR count). The molecule has 0 saturated carbocycles. The van der Waals surface area contributed by atoms with Crippen molar-refractivity contribution in [1.82, 2.24) is 5.32 Å². The smallest absolute Gasteiger partial charge is 0.340 e. The van der Waals surface area contributed by atoms with Gasteiger partial charge in [-0.05, 0) is 12.1 Å². The van der Waals surface area contributed by atoms with Crippen LogP contribution in [0.5, 0.6) is 0 Å². The predicted octanol–water partition coefficient (Wildman–Crippen LogP) is 2.31. The molecule has 0 amide bonds. The van der Waals surface area contributed by atoms with Crippen LogP contribution in [0, 0.1) is 0 Å². The fraction of sp³-hybridized carbons (Fsp3) is 0.125. The average Bonchev–Trinajstić information content (AvgIpc) is 3.00. The Kier molecular flexibility index (Phi) is 2.55. The molecule has 2 atom stereocenters. The summed E-state index contributed by atoms with van der Waals surface area (Å²) < 4.78 is 10.6. The van der Waals surface area contributed by atoms with Gasteiger partial charge in [0, 0.05) is 11.1 Å². The van der Waals surface area contributed by atoms with Crippen molar-refractivity contribution in [3.8, 4) is 0 Å². The standard InChI is InChI=1S/C16H11NO4/c18-15-11-7-3-1-5-9(11)13(20-15)17-14-10-6-2-4-8-12(10)16(19)21-14/h1-8,13-14,17H. The summed E-state index contributed by atoms with van der Waals surface area (Å²) in [5, 5.41) is 3.06. The van der Waals surface area contributed by atoms with Gasteiger partial charge < -0.3 is 9.47 Å². The zero-order valence-corrected chi connectivity index (χ0v) is 10.9. The first-order valence-electron chi connectivity index (χ1n) is 6.60. The topological polar surface area (TPSA) is 64.6 Å². The first-order chi connectivity index (χ1) is 10.2. The maximum atomic E-state index is 11.8. The molecule has 2 aliphatic rings. The van der Waals surface area contributed by atoms with Crippen molar-refractivity contribution in [1.29, 1.82) is 0 Å². The fourth-order valence-corrected chi connectivity index (χ4v) is 2.68. The van der Waals surface area contributed by atoms with E-state index < -0.39 is 12.5 Å². The van der Waals surface area contributed by atoms with Gasteiger partial charge in [0.05, 0.1) is 11.1 Å². The van der Waals surface area contributed by atoms with Crippen LogP contribution in [0.15, 0.2) is 48.5 Å². The summed E-state index contributed by atoms with van der Waals surface area (Å²) in [5.74, 6) is -0.749. The lowest BCUT2D eigenvalue weighted by atomic mass is 10.1. The number of cyclic esters (lactones) is 2. The van der Waals surface area contributed by atoms with Crippen LogP contribution < -0.4 is 5.32 Å². The minimum Gasteiger partial charge on any atom is -0.438 e. The van der Waals surface area contributed by atoms with Gasteiger partial charge in [0.25, 0.3) is 0 Å². The lowest BCUT2D eigenvalue weighted by Gasteiger charge is -2.18. The minimum atomic E-state index is -0.613. The van der Waals surface area contributed by atoms with E-state index in [1.165, 1.54) is 0 Å². The van der Waals surface area contributed by atoms with Crippen molar-refractivity contribution in [2.24, 2.45) is 0 Å². The summed E-state index contributed by atoms with van der Waals surface area (Å²) in [5.41, 5.74) is 2.58. The molecule has 2 heterocycles. The van der Waals surface area contributed by atoms with E-state index in [0.29, 0.717) is 11.1 Å². The molecular formula is C16H11NO4. The number of benzene rings is 2. The molecule has 2 aliphatic heterocycles. The summed E-state index contributed by atoms with van der Waals surface area (Å²) in [6.45, 7) is 0. The van der Waals surface area contributed by atoms with Gasteiger partial charge in [0.1, 0.15) is 0 Å². The normalized spacial score (nSPS) is 22.5. The fourth-order valence-electron chi connectivity index (χ4n) is 2.68. The third-order valence-electron chi connectivity index (χ3n) is 3.68. The van der Waals surface area contributed by atoms with Crippen molar-refractivity contribution < 1.29 is 19.1 Å². The molecule has 5 heteroatoms. The number of carbonyl (C=O) groups is 2. The Morgan fingerprint density at radius 2 is 1.14 bits per heavy atom. The lowest BCUT2D eigenvalue weighted by molar-refractivity contribution is -0.00614. The molecule has 0 radical (unpaired) electrons. The van der Waals surface area contributed by atoms with Crippen LogP contribution in [0.1, 0.15) is 44.3 Å². The Morgan fingerprint density at radius 1 is 0.714 bits per heavy atom. The molecule has 2 aromatic carbocycles. The number of rotatable bonds is 2. The van der Waals surface area contributed by atoms with Crippen LogP contribution in [0.2, 0.25) is 0 Å². The van der Waals surface area contributed by atoms with Crippen molar-refractivity contribution >= 4 is 11.9 Å². The largest absolute Gasteiger partial charge is 0.438 e. The second-order valence-corrected chi connectivity index (χ2v) is 4.91. The Labute approximate surface area is 120 Å². The van der Waals surface area contributed by atoms with Crippen LogP contribution in [0.3, 0.4) is 0 Å². The average molecular weight is 281 g/mol. The monoisotopic (exact) mass is 281 g/mol. The van der Waals surface area contributed by atoms with E-state index in [2.05, 4.69) is 5.32 Å². The van der Waals surface area contributed by atoms with E-state index in [1.807, 2.05) is 24.3 Å². The molecule has 0 aromatic heterocycles. The van der Waals surface area contributed by atoms with E-state index in [0.717, 1.165) is 11.1 Å². The number of hydrogen-bond donors (Lipinski definition) is 1. The molecular weight excluding hydrogens is 270 g/mol. The number of hydrogen-bond acceptors (Lipinski definition) is 5. The molecule has 1 N–H and O–H groups in total. The van der Waals surface area contributed by atoms with Gasteiger partial charge in [-0.25, -0.2) is 14.9 Å². The molecule has 0 saturated heterocycles. The molecule has 0 aliphatic carbocycles. The SMILES string of the molecule is O=C1OC(NC2OC(=O)c3ccccc32)c2ccccc21. The molecule has 21 heavy (non-hydrogen) atoms. The maximum absolute atomic E-state index is 11.8. The van der Waals surface area contributed by atoms with E-state index in [-0.39, 0.29) is 11.9 Å². The molecule has 5 nitrogen and oxygen atoms in total. The van der Waals surface area contributed by atoms with Gasteiger partial charge in [-0.3, -0.25) is 0 Å². The van der Waals surface area contributed by atoms with Gasteiger partial charge >= 0.3 is 11.9 Å². The van der Waals surface area contributed by atoms with Crippen molar-refractivity contribution in [2.45, 2.75) is 12.5 Å². The molecule has 0 fully saturated rings.